The second-order valence-electron chi connectivity index (χ2n) is 16.4. The summed E-state index contributed by atoms with van der Waals surface area (Å²) in [5.74, 6) is 1.58. The molecule has 7 heteroatoms. The van der Waals surface area contributed by atoms with Gasteiger partial charge in [-0.3, -0.25) is 0 Å². The van der Waals surface area contributed by atoms with Crippen molar-refractivity contribution in [1.29, 1.82) is 0 Å². The van der Waals surface area contributed by atoms with Crippen LogP contribution >= 0.6 is 6.49 Å². The van der Waals surface area contributed by atoms with Gasteiger partial charge in [0.2, 0.25) is 0 Å². The number of ether oxygens (including phenoxy) is 3. The Bertz CT molecular complexity index is 1560. The van der Waals surface area contributed by atoms with Crippen LogP contribution in [0.5, 0.6) is 11.5 Å². The zero-order chi connectivity index (χ0) is 38.0. The lowest BCUT2D eigenvalue weighted by molar-refractivity contribution is 0.301. The Morgan fingerprint density at radius 3 is 1.53 bits per heavy atom. The lowest BCUT2D eigenvalue weighted by Crippen LogP contribution is -2.14. The van der Waals surface area contributed by atoms with Gasteiger partial charge in [-0.15, -0.1) is 0 Å². The number of rotatable bonds is 31. The Balaban J connectivity index is 0.873. The van der Waals surface area contributed by atoms with Gasteiger partial charge in [0.25, 0.3) is 0 Å². The molecule has 0 N–H and O–H groups in total. The van der Waals surface area contributed by atoms with Crippen molar-refractivity contribution < 1.29 is 23.3 Å². The van der Waals surface area contributed by atoms with Gasteiger partial charge in [0.15, 0.2) is 0 Å². The van der Waals surface area contributed by atoms with Crippen molar-refractivity contribution in [2.24, 2.45) is 0 Å². The summed E-state index contributed by atoms with van der Waals surface area (Å²) in [5, 5.41) is 0.924. The zero-order valence-electron chi connectivity index (χ0n) is 33.8. The van der Waals surface area contributed by atoms with E-state index in [0.717, 1.165) is 49.1 Å². The van der Waals surface area contributed by atoms with E-state index in [4.69, 9.17) is 35.1 Å². The Morgan fingerprint density at radius 1 is 0.545 bits per heavy atom. The second kappa shape index (κ2) is 23.3. The summed E-state index contributed by atoms with van der Waals surface area (Å²) in [6.07, 6.45) is 31.6. The van der Waals surface area contributed by atoms with Crippen molar-refractivity contribution in [1.82, 2.24) is 0 Å². The van der Waals surface area contributed by atoms with Gasteiger partial charge in [0.05, 0.1) is 30.2 Å². The molecule has 0 aliphatic carbocycles. The molecule has 3 aliphatic heterocycles. The minimum Gasteiger partial charge on any atom is -0.432 e. The van der Waals surface area contributed by atoms with Gasteiger partial charge in [0.1, 0.15) is 23.7 Å². The first-order valence-corrected chi connectivity index (χ1v) is 24.9. The van der Waals surface area contributed by atoms with Crippen molar-refractivity contribution in [2.75, 3.05) is 6.61 Å². The topological polar surface area (TPSA) is 56.1 Å². The molecular formula is C48H69O5PS. The molecule has 3 saturated heterocycles. The molecule has 302 valence electrons. The maximum atomic E-state index is 6.68. The maximum absolute atomic E-state index is 6.68. The molecule has 3 heterocycles. The van der Waals surface area contributed by atoms with Gasteiger partial charge in [0, 0.05) is 0 Å². The Morgan fingerprint density at radius 2 is 1.02 bits per heavy atom. The first kappa shape index (κ1) is 42.4. The highest BCUT2D eigenvalue weighted by atomic mass is 32.5. The SMILES string of the molecule is CCCCCCCCCCCCCCCc1cccc(OP(=S)(Oc2cccc(CCCCCCCC3OC3C3OC3CCC3CO3)c2)c2ccccc2)c1. The fourth-order valence-corrected chi connectivity index (χ4v) is 10.5. The van der Waals surface area contributed by atoms with Gasteiger partial charge in [-0.05, 0) is 104 Å². The number of unbranched alkanes of at least 4 members (excludes halogenated alkanes) is 16. The highest BCUT2D eigenvalue weighted by Crippen LogP contribution is 2.48. The number of hydrogen-bond acceptors (Lipinski definition) is 6. The van der Waals surface area contributed by atoms with E-state index in [-0.39, 0.29) is 0 Å². The van der Waals surface area contributed by atoms with Crippen LogP contribution in [0.1, 0.15) is 153 Å². The summed E-state index contributed by atoms with van der Waals surface area (Å²) in [5.41, 5.74) is 2.59. The largest absolute Gasteiger partial charge is 0.432 e. The van der Waals surface area contributed by atoms with Crippen molar-refractivity contribution in [3.8, 4) is 11.5 Å². The molecule has 3 fully saturated rings. The quantitative estimate of drug-likeness (QED) is 0.0368. The van der Waals surface area contributed by atoms with Crippen LogP contribution < -0.4 is 14.4 Å². The Labute approximate surface area is 338 Å². The molecule has 3 aliphatic rings. The molecule has 0 saturated carbocycles. The van der Waals surface area contributed by atoms with Gasteiger partial charge < -0.3 is 23.3 Å². The Kier molecular flexibility index (Phi) is 17.9. The van der Waals surface area contributed by atoms with E-state index in [1.165, 1.54) is 133 Å². The molecule has 6 unspecified atom stereocenters. The minimum atomic E-state index is -2.87. The summed E-state index contributed by atoms with van der Waals surface area (Å²) in [4.78, 5) is 0. The fourth-order valence-electron chi connectivity index (χ4n) is 8.02. The number of aryl methyl sites for hydroxylation is 2. The van der Waals surface area contributed by atoms with Crippen LogP contribution in [0.4, 0.5) is 0 Å². The third-order valence-electron chi connectivity index (χ3n) is 11.6. The molecule has 0 spiro atoms. The molecule has 3 aromatic rings. The van der Waals surface area contributed by atoms with Crippen molar-refractivity contribution >= 4 is 23.6 Å². The molecule has 6 atom stereocenters. The van der Waals surface area contributed by atoms with E-state index >= 15 is 0 Å². The number of benzene rings is 3. The average molecular weight is 789 g/mol. The first-order chi connectivity index (χ1) is 27.1. The number of hydrogen-bond donors (Lipinski definition) is 0. The van der Waals surface area contributed by atoms with Crippen LogP contribution in [0.15, 0.2) is 78.9 Å². The van der Waals surface area contributed by atoms with Crippen LogP contribution in [-0.2, 0) is 38.9 Å². The van der Waals surface area contributed by atoms with Crippen LogP contribution in [-0.4, -0.2) is 37.1 Å². The summed E-state index contributed by atoms with van der Waals surface area (Å²) < 4.78 is 30.5. The lowest BCUT2D eigenvalue weighted by atomic mass is 10.0. The van der Waals surface area contributed by atoms with E-state index in [0.29, 0.717) is 30.5 Å². The van der Waals surface area contributed by atoms with E-state index in [9.17, 15) is 0 Å². The average Bonchev–Trinajstić information content (AvgIpc) is 4.08. The third kappa shape index (κ3) is 15.6. The molecular weight excluding hydrogens is 720 g/mol. The minimum absolute atomic E-state index is 0.352. The van der Waals surface area contributed by atoms with Crippen LogP contribution in [0.25, 0.3) is 0 Å². The summed E-state index contributed by atoms with van der Waals surface area (Å²) in [6.45, 7) is 0.365. The molecule has 0 aromatic heterocycles. The molecule has 5 nitrogen and oxygen atoms in total. The monoisotopic (exact) mass is 788 g/mol. The van der Waals surface area contributed by atoms with Gasteiger partial charge in [-0.25, -0.2) is 0 Å². The zero-order valence-corrected chi connectivity index (χ0v) is 35.5. The first-order valence-electron chi connectivity index (χ1n) is 22.2. The maximum Gasteiger partial charge on any atom is 0.319 e. The summed E-state index contributed by atoms with van der Waals surface area (Å²) in [7, 11) is 0. The van der Waals surface area contributed by atoms with E-state index in [1.807, 2.05) is 42.5 Å². The molecule has 55 heavy (non-hydrogen) atoms. The molecule has 0 bridgehead atoms. The summed E-state index contributed by atoms with van der Waals surface area (Å²) >= 11 is 6.29. The predicted molar refractivity (Wildman–Crippen MR) is 232 cm³/mol. The predicted octanol–water partition coefficient (Wildman–Crippen LogP) is 13.0. The molecule has 6 rings (SSSR count). The van der Waals surface area contributed by atoms with Crippen LogP contribution in [0.2, 0.25) is 0 Å². The van der Waals surface area contributed by atoms with Crippen molar-refractivity contribution in [3.63, 3.8) is 0 Å². The standard InChI is InChI=1S/C48H69O5PS/c1-2-3-4-5-6-7-8-9-10-11-12-14-18-25-39-27-23-29-41(36-39)52-54(55,44-31-20-17-21-32-44)53-42-30-24-28-40(37-42)26-19-15-13-16-22-33-45-47(50-45)48-46(51-48)35-34-43-38-49-43/h17,20-21,23-24,27-32,36-37,43,45-48H,2-16,18-19,22,25-26,33-35,38H2,1H3. The lowest BCUT2D eigenvalue weighted by Gasteiger charge is -2.24. The van der Waals surface area contributed by atoms with Crippen LogP contribution in [0.3, 0.4) is 0 Å². The third-order valence-corrected chi connectivity index (χ3v) is 14.5. The fraction of sp³-hybridized carbons (Fsp3) is 0.625. The van der Waals surface area contributed by atoms with Gasteiger partial charge in [-0.2, -0.15) is 0 Å². The molecule has 0 radical (unpaired) electrons. The smallest absolute Gasteiger partial charge is 0.319 e. The van der Waals surface area contributed by atoms with Crippen molar-refractivity contribution in [2.45, 2.75) is 185 Å². The van der Waals surface area contributed by atoms with Gasteiger partial charge >= 0.3 is 6.49 Å². The second-order valence-corrected chi connectivity index (χ2v) is 19.7. The van der Waals surface area contributed by atoms with Gasteiger partial charge in [-0.1, -0.05) is 152 Å². The van der Waals surface area contributed by atoms with E-state index < -0.39 is 6.49 Å². The van der Waals surface area contributed by atoms with Crippen LogP contribution in [0, 0.1) is 0 Å². The summed E-state index contributed by atoms with van der Waals surface area (Å²) in [6, 6.07) is 27.1. The normalized spacial score (nSPS) is 22.2. The molecule has 3 aromatic carbocycles. The van der Waals surface area contributed by atoms with E-state index in [1.54, 1.807) is 0 Å². The number of epoxide rings is 3. The highest BCUT2D eigenvalue weighted by molar-refractivity contribution is 8.13. The van der Waals surface area contributed by atoms with E-state index in [2.05, 4.69) is 43.3 Å². The highest BCUT2D eigenvalue weighted by Gasteiger charge is 2.56. The Hall–Kier alpha value is -2.21. The van der Waals surface area contributed by atoms with Crippen molar-refractivity contribution in [3.05, 3.63) is 90.0 Å². The molecule has 0 amide bonds.